The highest BCUT2D eigenvalue weighted by Crippen LogP contribution is 2.23. The molecule has 30 heavy (non-hydrogen) atoms. The molecular formula is C22H27FN4O3. The van der Waals surface area contributed by atoms with Gasteiger partial charge in [0.2, 0.25) is 5.91 Å². The van der Waals surface area contributed by atoms with Crippen molar-refractivity contribution in [2.24, 2.45) is 0 Å². The van der Waals surface area contributed by atoms with Gasteiger partial charge in [0.25, 0.3) is 0 Å². The predicted molar refractivity (Wildman–Crippen MR) is 110 cm³/mol. The van der Waals surface area contributed by atoms with Crippen molar-refractivity contribution in [3.05, 3.63) is 53.6 Å². The van der Waals surface area contributed by atoms with Crippen LogP contribution in [0.5, 0.6) is 0 Å². The number of carboxylic acid groups (broad SMARTS) is 1. The number of halogens is 1. The van der Waals surface area contributed by atoms with Gasteiger partial charge in [-0.3, -0.25) is 14.3 Å². The topological polar surface area (TPSA) is 88.3 Å². The maximum atomic E-state index is 13.4. The standard InChI is InChI=1S/C22H27FN4O3/c23-19-6-4-5-18(15-19)17-10-13-26(14-11-17)21(28)7-2-1-3-12-27-16-20(24-25-27)8-9-22(29)30/h4-6,10,15-16H,1-3,7-9,11-14H2,(H,29,30). The number of carbonyl (C=O) groups is 2. The van der Waals surface area contributed by atoms with Crippen LogP contribution in [0.15, 0.2) is 36.5 Å². The van der Waals surface area contributed by atoms with E-state index in [1.54, 1.807) is 16.9 Å². The summed E-state index contributed by atoms with van der Waals surface area (Å²) in [5, 5.41) is 16.7. The number of aromatic nitrogens is 3. The second-order valence-electron chi connectivity index (χ2n) is 7.51. The summed E-state index contributed by atoms with van der Waals surface area (Å²) in [7, 11) is 0. The molecule has 1 amide bonds. The van der Waals surface area contributed by atoms with Gasteiger partial charge in [0.15, 0.2) is 0 Å². The first-order valence-electron chi connectivity index (χ1n) is 10.3. The van der Waals surface area contributed by atoms with Crippen molar-refractivity contribution in [1.29, 1.82) is 0 Å². The summed E-state index contributed by atoms with van der Waals surface area (Å²) >= 11 is 0. The van der Waals surface area contributed by atoms with Crippen LogP contribution in [-0.4, -0.2) is 50.0 Å². The number of aryl methyl sites for hydroxylation is 2. The summed E-state index contributed by atoms with van der Waals surface area (Å²) < 4.78 is 15.1. The van der Waals surface area contributed by atoms with Crippen LogP contribution in [0.2, 0.25) is 0 Å². The van der Waals surface area contributed by atoms with Gasteiger partial charge in [0.05, 0.1) is 12.1 Å². The first kappa shape index (κ1) is 21.7. The van der Waals surface area contributed by atoms with Gasteiger partial charge in [0.1, 0.15) is 5.82 Å². The molecule has 2 aromatic rings. The van der Waals surface area contributed by atoms with E-state index in [0.29, 0.717) is 38.2 Å². The molecule has 1 aromatic carbocycles. The SMILES string of the molecule is O=C(O)CCc1cn(CCCCCC(=O)N2CC=C(c3cccc(F)c3)CC2)nn1. The first-order valence-corrected chi connectivity index (χ1v) is 10.3. The highest BCUT2D eigenvalue weighted by atomic mass is 19.1. The van der Waals surface area contributed by atoms with Gasteiger partial charge in [0, 0.05) is 38.7 Å². The lowest BCUT2D eigenvalue weighted by molar-refractivity contribution is -0.137. The molecule has 7 nitrogen and oxygen atoms in total. The Morgan fingerprint density at radius 2 is 2.03 bits per heavy atom. The molecule has 1 N–H and O–H groups in total. The van der Waals surface area contributed by atoms with Crippen LogP contribution in [-0.2, 0) is 22.6 Å². The van der Waals surface area contributed by atoms with E-state index in [9.17, 15) is 14.0 Å². The summed E-state index contributed by atoms with van der Waals surface area (Å²) in [5.74, 6) is -0.931. The Morgan fingerprint density at radius 1 is 1.17 bits per heavy atom. The molecule has 0 saturated carbocycles. The number of unbranched alkanes of at least 4 members (excludes halogenated alkanes) is 2. The zero-order valence-electron chi connectivity index (χ0n) is 17.0. The van der Waals surface area contributed by atoms with Crippen LogP contribution in [0.25, 0.3) is 5.57 Å². The molecule has 0 unspecified atom stereocenters. The molecule has 1 aliphatic rings. The summed E-state index contributed by atoms with van der Waals surface area (Å²) in [5.41, 5.74) is 2.67. The number of hydrogen-bond acceptors (Lipinski definition) is 4. The molecule has 0 atom stereocenters. The van der Waals surface area contributed by atoms with Gasteiger partial charge in [-0.1, -0.05) is 29.8 Å². The van der Waals surface area contributed by atoms with Gasteiger partial charge in [-0.2, -0.15) is 0 Å². The zero-order chi connectivity index (χ0) is 21.3. The molecule has 0 aliphatic carbocycles. The van der Waals surface area contributed by atoms with E-state index < -0.39 is 5.97 Å². The molecule has 3 rings (SSSR count). The Balaban J connectivity index is 1.33. The van der Waals surface area contributed by atoms with Crippen molar-refractivity contribution in [1.82, 2.24) is 19.9 Å². The Bertz CT molecular complexity index is 909. The van der Waals surface area contributed by atoms with Crippen molar-refractivity contribution in [2.75, 3.05) is 13.1 Å². The van der Waals surface area contributed by atoms with Crippen molar-refractivity contribution in [3.63, 3.8) is 0 Å². The van der Waals surface area contributed by atoms with Crippen LogP contribution >= 0.6 is 0 Å². The molecule has 0 spiro atoms. The summed E-state index contributed by atoms with van der Waals surface area (Å²) in [6, 6.07) is 6.58. The number of hydrogen-bond donors (Lipinski definition) is 1. The van der Waals surface area contributed by atoms with Crippen molar-refractivity contribution < 1.29 is 19.1 Å². The average molecular weight is 414 g/mol. The maximum Gasteiger partial charge on any atom is 0.303 e. The normalized spacial score (nSPS) is 13.9. The second kappa shape index (κ2) is 10.7. The molecule has 8 heteroatoms. The van der Waals surface area contributed by atoms with Crippen LogP contribution in [0, 0.1) is 5.82 Å². The third-order valence-corrected chi connectivity index (χ3v) is 5.22. The quantitative estimate of drug-likeness (QED) is 0.603. The molecule has 0 saturated heterocycles. The Labute approximate surface area is 175 Å². The molecule has 1 aliphatic heterocycles. The zero-order valence-corrected chi connectivity index (χ0v) is 17.0. The number of aliphatic carboxylic acids is 1. The molecule has 0 bridgehead atoms. The Kier molecular flexibility index (Phi) is 7.70. The number of rotatable bonds is 10. The average Bonchev–Trinajstić information content (AvgIpc) is 3.20. The Hall–Kier alpha value is -3.03. The van der Waals surface area contributed by atoms with Gasteiger partial charge in [-0.05, 0) is 42.5 Å². The third kappa shape index (κ3) is 6.50. The molecular weight excluding hydrogens is 387 g/mol. The third-order valence-electron chi connectivity index (χ3n) is 5.22. The van der Waals surface area contributed by atoms with Crippen molar-refractivity contribution in [3.8, 4) is 0 Å². The maximum absolute atomic E-state index is 13.4. The first-order chi connectivity index (χ1) is 14.5. The predicted octanol–water partition coefficient (Wildman–Crippen LogP) is 3.31. The number of carboxylic acids is 1. The van der Waals surface area contributed by atoms with Gasteiger partial charge < -0.3 is 10.0 Å². The molecule has 0 fully saturated rings. The van der Waals surface area contributed by atoms with Gasteiger partial charge in [-0.15, -0.1) is 5.10 Å². The van der Waals surface area contributed by atoms with E-state index in [-0.39, 0.29) is 18.1 Å². The van der Waals surface area contributed by atoms with Gasteiger partial charge in [-0.25, -0.2) is 4.39 Å². The lowest BCUT2D eigenvalue weighted by Gasteiger charge is -2.27. The van der Waals surface area contributed by atoms with Gasteiger partial charge >= 0.3 is 5.97 Å². The van der Waals surface area contributed by atoms with Crippen molar-refractivity contribution in [2.45, 2.75) is 51.5 Å². The van der Waals surface area contributed by atoms with E-state index in [0.717, 1.165) is 36.8 Å². The smallest absolute Gasteiger partial charge is 0.303 e. The fourth-order valence-corrected chi connectivity index (χ4v) is 3.53. The summed E-state index contributed by atoms with van der Waals surface area (Å²) in [4.78, 5) is 24.9. The van der Waals surface area contributed by atoms with Crippen molar-refractivity contribution >= 4 is 17.4 Å². The highest BCUT2D eigenvalue weighted by molar-refractivity contribution is 5.78. The largest absolute Gasteiger partial charge is 0.481 e. The molecule has 0 radical (unpaired) electrons. The summed E-state index contributed by atoms with van der Waals surface area (Å²) in [6.45, 7) is 1.94. The number of nitrogens with zero attached hydrogens (tertiary/aromatic N) is 4. The minimum absolute atomic E-state index is 0.0518. The van der Waals surface area contributed by atoms with E-state index >= 15 is 0 Å². The monoisotopic (exact) mass is 414 g/mol. The fourth-order valence-electron chi connectivity index (χ4n) is 3.53. The molecule has 1 aromatic heterocycles. The summed E-state index contributed by atoms with van der Waals surface area (Å²) in [6.07, 6.45) is 8.11. The van der Waals surface area contributed by atoms with E-state index in [2.05, 4.69) is 10.3 Å². The molecule has 160 valence electrons. The fraction of sp³-hybridized carbons (Fsp3) is 0.455. The minimum Gasteiger partial charge on any atom is -0.481 e. The van der Waals surface area contributed by atoms with Crippen LogP contribution in [0.4, 0.5) is 4.39 Å². The van der Waals surface area contributed by atoms with Crippen LogP contribution in [0.3, 0.4) is 0 Å². The molecule has 2 heterocycles. The lowest BCUT2D eigenvalue weighted by Crippen LogP contribution is -2.34. The van der Waals surface area contributed by atoms with Crippen LogP contribution < -0.4 is 0 Å². The van der Waals surface area contributed by atoms with E-state index in [1.165, 1.54) is 12.1 Å². The number of amides is 1. The van der Waals surface area contributed by atoms with E-state index in [4.69, 9.17) is 5.11 Å². The van der Waals surface area contributed by atoms with E-state index in [1.807, 2.05) is 17.0 Å². The highest BCUT2D eigenvalue weighted by Gasteiger charge is 2.17. The second-order valence-corrected chi connectivity index (χ2v) is 7.51. The van der Waals surface area contributed by atoms with Crippen LogP contribution in [0.1, 0.15) is 49.8 Å². The minimum atomic E-state index is -0.844. The lowest BCUT2D eigenvalue weighted by atomic mass is 9.99. The number of benzene rings is 1. The number of carbonyl (C=O) groups excluding carboxylic acids is 1. The Morgan fingerprint density at radius 3 is 2.77 bits per heavy atom.